The van der Waals surface area contributed by atoms with Gasteiger partial charge < -0.3 is 18.9 Å². The summed E-state index contributed by atoms with van der Waals surface area (Å²) in [5, 5.41) is 3.98. The number of hydrogen-bond donors (Lipinski definition) is 0. The van der Waals surface area contributed by atoms with Crippen LogP contribution < -0.4 is 9.47 Å². The van der Waals surface area contributed by atoms with Gasteiger partial charge in [0, 0.05) is 38.2 Å². The Morgan fingerprint density at radius 1 is 1.15 bits per heavy atom. The fraction of sp³-hybridized carbons (Fsp3) is 0.500. The van der Waals surface area contributed by atoms with E-state index in [0.29, 0.717) is 42.6 Å². The molecule has 8 nitrogen and oxygen atoms in total. The van der Waals surface area contributed by atoms with Crippen molar-refractivity contribution in [2.24, 2.45) is 0 Å². The van der Waals surface area contributed by atoms with Crippen LogP contribution >= 0.6 is 0 Å². The number of carbonyl (C=O) groups is 1. The van der Waals surface area contributed by atoms with Gasteiger partial charge in [0.05, 0.1) is 6.54 Å². The first-order valence-corrected chi connectivity index (χ1v) is 8.95. The van der Waals surface area contributed by atoms with Crippen molar-refractivity contribution in [3.05, 3.63) is 35.5 Å². The Labute approximate surface area is 151 Å². The molecule has 2 aromatic rings. The third-order valence-electron chi connectivity index (χ3n) is 4.62. The molecule has 0 radical (unpaired) electrons. The minimum absolute atomic E-state index is 0.0194. The Kier molecular flexibility index (Phi) is 4.75. The first-order chi connectivity index (χ1) is 12.7. The van der Waals surface area contributed by atoms with E-state index in [2.05, 4.69) is 22.0 Å². The molecule has 0 unspecified atom stereocenters. The molecule has 0 aliphatic carbocycles. The number of fused-ring (bicyclic) bond motifs is 1. The van der Waals surface area contributed by atoms with Gasteiger partial charge in [-0.3, -0.25) is 9.69 Å². The minimum Gasteiger partial charge on any atom is -0.454 e. The molecule has 2 aliphatic heterocycles. The number of amides is 1. The van der Waals surface area contributed by atoms with E-state index in [1.165, 1.54) is 0 Å². The molecule has 1 amide bonds. The van der Waals surface area contributed by atoms with Crippen molar-refractivity contribution in [3.63, 3.8) is 0 Å². The van der Waals surface area contributed by atoms with Crippen molar-refractivity contribution in [2.45, 2.75) is 26.3 Å². The fourth-order valence-corrected chi connectivity index (χ4v) is 3.19. The van der Waals surface area contributed by atoms with Gasteiger partial charge in [0.15, 0.2) is 17.3 Å². The molecular formula is C18H22N4O4. The van der Waals surface area contributed by atoms with E-state index in [1.54, 1.807) is 18.2 Å². The van der Waals surface area contributed by atoms with E-state index < -0.39 is 0 Å². The predicted octanol–water partition coefficient (Wildman–Crippen LogP) is 1.71. The van der Waals surface area contributed by atoms with Gasteiger partial charge in [0.25, 0.3) is 5.91 Å². The van der Waals surface area contributed by atoms with Gasteiger partial charge >= 0.3 is 0 Å². The number of ether oxygens (including phenoxy) is 2. The maximum Gasteiger partial charge on any atom is 0.254 e. The smallest absolute Gasteiger partial charge is 0.254 e. The van der Waals surface area contributed by atoms with Crippen molar-refractivity contribution in [3.8, 4) is 11.5 Å². The molecule has 4 rings (SSSR count). The number of hydrogen-bond acceptors (Lipinski definition) is 7. The Balaban J connectivity index is 1.32. The van der Waals surface area contributed by atoms with Crippen LogP contribution in [-0.4, -0.2) is 58.8 Å². The second-order valence-corrected chi connectivity index (χ2v) is 6.49. The number of piperazine rings is 1. The minimum atomic E-state index is 0.0194. The van der Waals surface area contributed by atoms with Crippen LogP contribution in [0.4, 0.5) is 0 Å². The summed E-state index contributed by atoms with van der Waals surface area (Å²) in [6.07, 6.45) is 1.83. The van der Waals surface area contributed by atoms with Gasteiger partial charge in [-0.15, -0.1) is 0 Å². The number of rotatable bonds is 5. The van der Waals surface area contributed by atoms with E-state index in [4.69, 9.17) is 14.0 Å². The molecule has 0 N–H and O–H groups in total. The van der Waals surface area contributed by atoms with Crippen molar-refractivity contribution >= 4 is 5.91 Å². The van der Waals surface area contributed by atoms with Crippen LogP contribution in [0.15, 0.2) is 22.7 Å². The summed E-state index contributed by atoms with van der Waals surface area (Å²) >= 11 is 0. The molecule has 1 fully saturated rings. The summed E-state index contributed by atoms with van der Waals surface area (Å²) in [7, 11) is 0. The van der Waals surface area contributed by atoms with Crippen LogP contribution in [0.1, 0.15) is 35.4 Å². The first kappa shape index (κ1) is 16.8. The van der Waals surface area contributed by atoms with Gasteiger partial charge in [-0.05, 0) is 24.6 Å². The second kappa shape index (κ2) is 7.33. The third kappa shape index (κ3) is 3.50. The van der Waals surface area contributed by atoms with E-state index in [1.807, 2.05) is 4.90 Å². The summed E-state index contributed by atoms with van der Waals surface area (Å²) in [6, 6.07) is 5.33. The molecule has 1 aromatic carbocycles. The van der Waals surface area contributed by atoms with E-state index in [9.17, 15) is 4.79 Å². The normalized spacial score (nSPS) is 16.9. The summed E-state index contributed by atoms with van der Waals surface area (Å²) in [6.45, 7) is 5.83. The van der Waals surface area contributed by atoms with Crippen LogP contribution in [0.3, 0.4) is 0 Å². The first-order valence-electron chi connectivity index (χ1n) is 8.95. The molecule has 0 spiro atoms. The number of carbonyl (C=O) groups excluding carboxylic acids is 1. The summed E-state index contributed by atoms with van der Waals surface area (Å²) in [4.78, 5) is 21.2. The summed E-state index contributed by atoms with van der Waals surface area (Å²) in [5.74, 6) is 2.75. The van der Waals surface area contributed by atoms with Gasteiger partial charge in [0.1, 0.15) is 0 Å². The van der Waals surface area contributed by atoms with E-state index in [0.717, 1.165) is 31.8 Å². The van der Waals surface area contributed by atoms with Crippen molar-refractivity contribution in [1.82, 2.24) is 19.9 Å². The topological polar surface area (TPSA) is 80.9 Å². The highest BCUT2D eigenvalue weighted by molar-refractivity contribution is 5.95. The lowest BCUT2D eigenvalue weighted by Crippen LogP contribution is -2.48. The number of aryl methyl sites for hydroxylation is 1. The Bertz CT molecular complexity index is 783. The largest absolute Gasteiger partial charge is 0.454 e. The standard InChI is InChI=1S/C18H22N4O4/c1-2-3-16-19-17(26-20-16)11-21-6-8-22(9-7-21)18(23)13-4-5-14-15(10-13)25-12-24-14/h4-5,10H,2-3,6-9,11-12H2,1H3. The Hall–Kier alpha value is -2.61. The zero-order valence-electron chi connectivity index (χ0n) is 14.8. The van der Waals surface area contributed by atoms with Crippen molar-refractivity contribution < 1.29 is 18.8 Å². The molecule has 0 bridgehead atoms. The van der Waals surface area contributed by atoms with E-state index >= 15 is 0 Å². The van der Waals surface area contributed by atoms with Gasteiger partial charge in [-0.1, -0.05) is 12.1 Å². The Morgan fingerprint density at radius 2 is 1.96 bits per heavy atom. The average Bonchev–Trinajstić information content (AvgIpc) is 3.30. The highest BCUT2D eigenvalue weighted by atomic mass is 16.7. The number of benzene rings is 1. The van der Waals surface area contributed by atoms with Gasteiger partial charge in [0.2, 0.25) is 12.7 Å². The zero-order valence-corrected chi connectivity index (χ0v) is 14.8. The van der Waals surface area contributed by atoms with Crippen LogP contribution in [0.5, 0.6) is 11.5 Å². The molecule has 0 saturated carbocycles. The number of aromatic nitrogens is 2. The van der Waals surface area contributed by atoms with Crippen molar-refractivity contribution in [1.29, 1.82) is 0 Å². The third-order valence-corrected chi connectivity index (χ3v) is 4.62. The molecule has 2 aliphatic rings. The Morgan fingerprint density at radius 3 is 2.77 bits per heavy atom. The van der Waals surface area contributed by atoms with Crippen LogP contribution in [-0.2, 0) is 13.0 Å². The number of nitrogens with zero attached hydrogens (tertiary/aromatic N) is 4. The summed E-state index contributed by atoms with van der Waals surface area (Å²) in [5.41, 5.74) is 0.629. The molecule has 3 heterocycles. The highest BCUT2D eigenvalue weighted by Gasteiger charge is 2.25. The molecule has 138 valence electrons. The summed E-state index contributed by atoms with van der Waals surface area (Å²) < 4.78 is 15.9. The quantitative estimate of drug-likeness (QED) is 0.805. The lowest BCUT2D eigenvalue weighted by molar-refractivity contribution is 0.0614. The highest BCUT2D eigenvalue weighted by Crippen LogP contribution is 2.32. The molecule has 1 aromatic heterocycles. The second-order valence-electron chi connectivity index (χ2n) is 6.49. The van der Waals surface area contributed by atoms with E-state index in [-0.39, 0.29) is 12.7 Å². The molecule has 0 atom stereocenters. The average molecular weight is 358 g/mol. The predicted molar refractivity (Wildman–Crippen MR) is 92.0 cm³/mol. The lowest BCUT2D eigenvalue weighted by atomic mass is 10.1. The molecule has 1 saturated heterocycles. The maximum atomic E-state index is 12.7. The molecule has 8 heteroatoms. The van der Waals surface area contributed by atoms with Crippen LogP contribution in [0, 0.1) is 0 Å². The monoisotopic (exact) mass is 358 g/mol. The van der Waals surface area contributed by atoms with Crippen molar-refractivity contribution in [2.75, 3.05) is 33.0 Å². The molecule has 26 heavy (non-hydrogen) atoms. The molecular weight excluding hydrogens is 336 g/mol. The lowest BCUT2D eigenvalue weighted by Gasteiger charge is -2.34. The van der Waals surface area contributed by atoms with Gasteiger partial charge in [-0.25, -0.2) is 0 Å². The van der Waals surface area contributed by atoms with Gasteiger partial charge in [-0.2, -0.15) is 4.98 Å². The fourth-order valence-electron chi connectivity index (χ4n) is 3.19. The zero-order chi connectivity index (χ0) is 17.9. The van der Waals surface area contributed by atoms with Crippen LogP contribution in [0.2, 0.25) is 0 Å². The maximum absolute atomic E-state index is 12.7. The SMILES string of the molecule is CCCc1noc(CN2CCN(C(=O)c3ccc4c(c3)OCO4)CC2)n1. The van der Waals surface area contributed by atoms with Crippen LogP contribution in [0.25, 0.3) is 0 Å².